The van der Waals surface area contributed by atoms with E-state index in [-0.39, 0.29) is 11.9 Å². The first-order valence-corrected chi connectivity index (χ1v) is 10.5. The molecule has 3 aromatic rings. The van der Waals surface area contributed by atoms with E-state index in [9.17, 15) is 4.79 Å². The molecular weight excluding hydrogens is 368 g/mol. The fourth-order valence-electron chi connectivity index (χ4n) is 3.82. The highest BCUT2D eigenvalue weighted by atomic mass is 32.2. The third-order valence-corrected chi connectivity index (χ3v) is 6.12. The maximum atomic E-state index is 13.0. The van der Waals surface area contributed by atoms with Gasteiger partial charge < -0.3 is 4.90 Å². The zero-order chi connectivity index (χ0) is 19.8. The molecule has 2 aromatic carbocycles. The van der Waals surface area contributed by atoms with Crippen LogP contribution in [0.15, 0.2) is 47.6 Å². The van der Waals surface area contributed by atoms with Crippen LogP contribution in [0.1, 0.15) is 29.4 Å². The lowest BCUT2D eigenvalue weighted by Crippen LogP contribution is -2.37. The lowest BCUT2D eigenvalue weighted by molar-refractivity contribution is -0.116. The van der Waals surface area contributed by atoms with Crippen LogP contribution in [0.4, 0.5) is 5.69 Å². The van der Waals surface area contributed by atoms with Gasteiger partial charge in [0.15, 0.2) is 5.16 Å². The molecule has 0 aliphatic carbocycles. The predicted molar refractivity (Wildman–Crippen MR) is 113 cm³/mol. The maximum absolute atomic E-state index is 13.0. The topological polar surface area (TPSA) is 51.0 Å². The molecule has 0 saturated carbocycles. The molecule has 1 aromatic heterocycles. The van der Waals surface area contributed by atoms with Gasteiger partial charge in [-0.15, -0.1) is 10.2 Å². The largest absolute Gasteiger partial charge is 0.308 e. The number of aromatic nitrogens is 3. The van der Waals surface area contributed by atoms with Crippen molar-refractivity contribution in [2.45, 2.75) is 45.3 Å². The molecule has 1 unspecified atom stereocenters. The Bertz CT molecular complexity index is 1040. The molecule has 0 bridgehead atoms. The minimum absolute atomic E-state index is 0.107. The molecule has 4 rings (SSSR count). The summed E-state index contributed by atoms with van der Waals surface area (Å²) in [4.78, 5) is 14.9. The standard InChI is InChI=1S/C22H24N4OS/c1-14-9-10-15(2)20(11-14)26-17(4)23-24-22(26)28-13-21(27)25-16(3)12-18-7-5-6-8-19(18)25/h5-11,16H,12-13H2,1-4H3. The lowest BCUT2D eigenvalue weighted by atomic mass is 10.1. The second-order valence-corrected chi connectivity index (χ2v) is 8.33. The van der Waals surface area contributed by atoms with Crippen LogP contribution in [0.25, 0.3) is 5.69 Å². The summed E-state index contributed by atoms with van der Waals surface area (Å²) >= 11 is 1.45. The van der Waals surface area contributed by atoms with E-state index >= 15 is 0 Å². The summed E-state index contributed by atoms with van der Waals surface area (Å²) in [5.74, 6) is 1.26. The molecule has 1 atom stereocenters. The molecule has 0 saturated heterocycles. The van der Waals surface area contributed by atoms with Gasteiger partial charge in [0.05, 0.1) is 11.4 Å². The first-order valence-electron chi connectivity index (χ1n) is 9.48. The van der Waals surface area contributed by atoms with Gasteiger partial charge in [-0.1, -0.05) is 42.1 Å². The van der Waals surface area contributed by atoms with Crippen molar-refractivity contribution in [3.63, 3.8) is 0 Å². The summed E-state index contributed by atoms with van der Waals surface area (Å²) < 4.78 is 2.04. The summed E-state index contributed by atoms with van der Waals surface area (Å²) in [5.41, 5.74) is 5.68. The minimum Gasteiger partial charge on any atom is -0.308 e. The lowest BCUT2D eigenvalue weighted by Gasteiger charge is -2.22. The monoisotopic (exact) mass is 392 g/mol. The van der Waals surface area contributed by atoms with Crippen molar-refractivity contribution in [2.24, 2.45) is 0 Å². The van der Waals surface area contributed by atoms with Crippen molar-refractivity contribution in [3.8, 4) is 5.69 Å². The van der Waals surface area contributed by atoms with Gasteiger partial charge in [-0.2, -0.15) is 0 Å². The first kappa shape index (κ1) is 18.7. The van der Waals surface area contributed by atoms with Crippen molar-refractivity contribution in [1.82, 2.24) is 14.8 Å². The van der Waals surface area contributed by atoms with Crippen LogP contribution >= 0.6 is 11.8 Å². The third kappa shape index (κ3) is 3.33. The average Bonchev–Trinajstić information content (AvgIpc) is 3.20. The number of hydrogen-bond donors (Lipinski definition) is 0. The van der Waals surface area contributed by atoms with Crippen molar-refractivity contribution in [2.75, 3.05) is 10.7 Å². The highest BCUT2D eigenvalue weighted by molar-refractivity contribution is 7.99. The molecule has 6 heteroatoms. The van der Waals surface area contributed by atoms with Gasteiger partial charge in [-0.3, -0.25) is 9.36 Å². The van der Waals surface area contributed by atoms with E-state index in [1.165, 1.54) is 22.9 Å². The summed E-state index contributed by atoms with van der Waals surface area (Å²) in [6.45, 7) is 8.20. The molecule has 0 N–H and O–H groups in total. The van der Waals surface area contributed by atoms with Gasteiger partial charge in [0, 0.05) is 11.7 Å². The van der Waals surface area contributed by atoms with E-state index in [1.54, 1.807) is 0 Å². The number of hydrogen-bond acceptors (Lipinski definition) is 4. The van der Waals surface area contributed by atoms with Crippen LogP contribution in [-0.4, -0.2) is 32.5 Å². The number of nitrogens with zero attached hydrogens (tertiary/aromatic N) is 4. The second-order valence-electron chi connectivity index (χ2n) is 7.39. The molecule has 28 heavy (non-hydrogen) atoms. The molecule has 1 amide bonds. The zero-order valence-electron chi connectivity index (χ0n) is 16.6. The van der Waals surface area contributed by atoms with E-state index in [0.29, 0.717) is 5.75 Å². The van der Waals surface area contributed by atoms with Crippen LogP contribution < -0.4 is 4.90 Å². The van der Waals surface area contributed by atoms with Gasteiger partial charge >= 0.3 is 0 Å². The average molecular weight is 393 g/mol. The number of carbonyl (C=O) groups excluding carboxylic acids is 1. The van der Waals surface area contributed by atoms with Crippen LogP contribution in [0.2, 0.25) is 0 Å². The molecular formula is C22H24N4OS. The first-order chi connectivity index (χ1) is 13.5. The van der Waals surface area contributed by atoms with E-state index in [0.717, 1.165) is 34.3 Å². The Morgan fingerprint density at radius 2 is 1.89 bits per heavy atom. The maximum Gasteiger partial charge on any atom is 0.237 e. The molecule has 0 radical (unpaired) electrons. The fraction of sp³-hybridized carbons (Fsp3) is 0.318. The summed E-state index contributed by atoms with van der Waals surface area (Å²) in [7, 11) is 0. The van der Waals surface area contributed by atoms with Gasteiger partial charge in [0.25, 0.3) is 0 Å². The highest BCUT2D eigenvalue weighted by Gasteiger charge is 2.30. The predicted octanol–water partition coefficient (Wildman–Crippen LogP) is 4.26. The number of para-hydroxylation sites is 1. The van der Waals surface area contributed by atoms with E-state index < -0.39 is 0 Å². The van der Waals surface area contributed by atoms with Crippen LogP contribution in [0.3, 0.4) is 0 Å². The van der Waals surface area contributed by atoms with Gasteiger partial charge in [0.2, 0.25) is 5.91 Å². The van der Waals surface area contributed by atoms with E-state index in [1.807, 2.05) is 34.6 Å². The van der Waals surface area contributed by atoms with Gasteiger partial charge in [-0.25, -0.2) is 0 Å². The molecule has 1 aliphatic rings. The summed E-state index contributed by atoms with van der Waals surface area (Å²) in [5, 5.41) is 9.34. The van der Waals surface area contributed by atoms with Gasteiger partial charge in [-0.05, 0) is 62.9 Å². The van der Waals surface area contributed by atoms with Crippen molar-refractivity contribution >= 4 is 23.4 Å². The number of amides is 1. The molecule has 144 valence electrons. The van der Waals surface area contributed by atoms with Crippen LogP contribution in [-0.2, 0) is 11.2 Å². The molecule has 0 spiro atoms. The summed E-state index contributed by atoms with van der Waals surface area (Å²) in [6.07, 6.45) is 0.907. The fourth-order valence-corrected chi connectivity index (χ4v) is 4.67. The zero-order valence-corrected chi connectivity index (χ0v) is 17.5. The SMILES string of the molecule is Cc1ccc(C)c(-n2c(C)nnc2SCC(=O)N2c3ccccc3CC2C)c1. The second kappa shape index (κ2) is 7.43. The van der Waals surface area contributed by atoms with Crippen molar-refractivity contribution in [3.05, 3.63) is 65.0 Å². The van der Waals surface area contributed by atoms with E-state index in [4.69, 9.17) is 0 Å². The highest BCUT2D eigenvalue weighted by Crippen LogP contribution is 2.33. The Morgan fingerprint density at radius 1 is 1.11 bits per heavy atom. The summed E-state index contributed by atoms with van der Waals surface area (Å²) in [6, 6.07) is 14.7. The van der Waals surface area contributed by atoms with Crippen molar-refractivity contribution in [1.29, 1.82) is 0 Å². The molecule has 5 nitrogen and oxygen atoms in total. The van der Waals surface area contributed by atoms with Crippen molar-refractivity contribution < 1.29 is 4.79 Å². The Morgan fingerprint density at radius 3 is 2.71 bits per heavy atom. The normalized spacial score (nSPS) is 15.7. The number of carbonyl (C=O) groups is 1. The van der Waals surface area contributed by atoms with Crippen LogP contribution in [0, 0.1) is 20.8 Å². The number of fused-ring (bicyclic) bond motifs is 1. The minimum atomic E-state index is 0.107. The Kier molecular flexibility index (Phi) is 4.98. The third-order valence-electron chi connectivity index (χ3n) is 5.20. The Labute approximate surface area is 169 Å². The molecule has 0 fully saturated rings. The number of aryl methyl sites for hydroxylation is 3. The molecule has 1 aliphatic heterocycles. The van der Waals surface area contributed by atoms with Gasteiger partial charge in [0.1, 0.15) is 5.82 Å². The Balaban J connectivity index is 1.57. The number of thioether (sulfide) groups is 1. The Hall–Kier alpha value is -2.60. The quantitative estimate of drug-likeness (QED) is 0.623. The van der Waals surface area contributed by atoms with Crippen LogP contribution in [0.5, 0.6) is 0 Å². The number of anilines is 1. The number of rotatable bonds is 4. The number of benzene rings is 2. The van der Waals surface area contributed by atoms with E-state index in [2.05, 4.69) is 55.2 Å². The smallest absolute Gasteiger partial charge is 0.237 e. The molecule has 2 heterocycles.